The lowest BCUT2D eigenvalue weighted by atomic mass is 10.2. The van der Waals surface area contributed by atoms with Gasteiger partial charge in [0.15, 0.2) is 0 Å². The van der Waals surface area contributed by atoms with E-state index in [0.717, 1.165) is 26.5 Å². The summed E-state index contributed by atoms with van der Waals surface area (Å²) in [5.41, 5.74) is 1.43. The fourth-order valence-corrected chi connectivity index (χ4v) is 2.82. The summed E-state index contributed by atoms with van der Waals surface area (Å²) in [6, 6.07) is 15.0. The van der Waals surface area contributed by atoms with Crippen molar-refractivity contribution in [2.24, 2.45) is 0 Å². The standard InChI is InChI=1S/C16H14INO2S/c17-12-3-5-13(6-4-12)18-16(19)11-1-7-14(8-2-11)20-15-9-21-10-15/h1-8,15H,9-10H2,(H,18,19). The van der Waals surface area contributed by atoms with Gasteiger partial charge in [0, 0.05) is 26.3 Å². The summed E-state index contributed by atoms with van der Waals surface area (Å²) in [6.07, 6.45) is 0.321. The first-order chi connectivity index (χ1) is 10.2. The quantitative estimate of drug-likeness (QED) is 0.772. The Bertz CT molecular complexity index is 624. The van der Waals surface area contributed by atoms with Crippen LogP contribution >= 0.6 is 34.4 Å². The average molecular weight is 411 g/mol. The van der Waals surface area contributed by atoms with Crippen molar-refractivity contribution in [2.45, 2.75) is 6.10 Å². The van der Waals surface area contributed by atoms with Crippen LogP contribution in [0.4, 0.5) is 5.69 Å². The van der Waals surface area contributed by atoms with E-state index in [2.05, 4.69) is 27.9 Å². The number of ether oxygens (including phenoxy) is 1. The molecule has 0 radical (unpaired) electrons. The molecule has 1 heterocycles. The zero-order valence-electron chi connectivity index (χ0n) is 11.2. The maximum Gasteiger partial charge on any atom is 0.255 e. The number of hydrogen-bond donors (Lipinski definition) is 1. The van der Waals surface area contributed by atoms with E-state index in [9.17, 15) is 4.79 Å². The van der Waals surface area contributed by atoms with Crippen molar-refractivity contribution in [3.63, 3.8) is 0 Å². The fourth-order valence-electron chi connectivity index (χ4n) is 1.90. The third kappa shape index (κ3) is 3.91. The Morgan fingerprint density at radius 1 is 1.10 bits per heavy atom. The third-order valence-electron chi connectivity index (χ3n) is 3.13. The Morgan fingerprint density at radius 2 is 1.76 bits per heavy atom. The number of hydrogen-bond acceptors (Lipinski definition) is 3. The van der Waals surface area contributed by atoms with Gasteiger partial charge in [-0.2, -0.15) is 11.8 Å². The molecule has 3 nitrogen and oxygen atoms in total. The number of carbonyl (C=O) groups is 1. The number of benzene rings is 2. The summed E-state index contributed by atoms with van der Waals surface area (Å²) >= 11 is 4.12. The van der Waals surface area contributed by atoms with Crippen molar-refractivity contribution in [3.8, 4) is 5.75 Å². The van der Waals surface area contributed by atoms with E-state index in [1.807, 2.05) is 48.2 Å². The van der Waals surface area contributed by atoms with Gasteiger partial charge >= 0.3 is 0 Å². The largest absolute Gasteiger partial charge is 0.489 e. The molecule has 0 aliphatic carbocycles. The van der Waals surface area contributed by atoms with Crippen molar-refractivity contribution >= 4 is 45.9 Å². The number of halogens is 1. The molecular weight excluding hydrogens is 397 g/mol. The van der Waals surface area contributed by atoms with Gasteiger partial charge < -0.3 is 10.1 Å². The summed E-state index contributed by atoms with van der Waals surface area (Å²) in [5, 5.41) is 2.88. The molecule has 108 valence electrons. The van der Waals surface area contributed by atoms with Gasteiger partial charge in [-0.15, -0.1) is 0 Å². The number of nitrogens with one attached hydrogen (secondary N) is 1. The first kappa shape index (κ1) is 14.7. The Hall–Kier alpha value is -1.21. The molecule has 5 heteroatoms. The molecule has 1 saturated heterocycles. The van der Waals surface area contributed by atoms with Gasteiger partial charge in [-0.05, 0) is 71.1 Å². The van der Waals surface area contributed by atoms with Crippen molar-refractivity contribution in [1.82, 2.24) is 0 Å². The summed E-state index contributed by atoms with van der Waals surface area (Å²) in [6.45, 7) is 0. The fraction of sp³-hybridized carbons (Fsp3) is 0.188. The summed E-state index contributed by atoms with van der Waals surface area (Å²) in [7, 11) is 0. The molecule has 1 fully saturated rings. The predicted molar refractivity (Wildman–Crippen MR) is 95.3 cm³/mol. The van der Waals surface area contributed by atoms with Crippen LogP contribution < -0.4 is 10.1 Å². The van der Waals surface area contributed by atoms with Gasteiger partial charge in [-0.1, -0.05) is 0 Å². The monoisotopic (exact) mass is 411 g/mol. The van der Waals surface area contributed by atoms with Crippen LogP contribution in [0.25, 0.3) is 0 Å². The Morgan fingerprint density at radius 3 is 2.33 bits per heavy atom. The molecule has 1 N–H and O–H groups in total. The van der Waals surface area contributed by atoms with E-state index in [0.29, 0.717) is 11.7 Å². The molecule has 2 aromatic rings. The molecule has 2 aromatic carbocycles. The summed E-state index contributed by atoms with van der Waals surface area (Å²) < 4.78 is 6.90. The second-order valence-electron chi connectivity index (χ2n) is 4.76. The van der Waals surface area contributed by atoms with Crippen LogP contribution in [-0.2, 0) is 0 Å². The zero-order valence-corrected chi connectivity index (χ0v) is 14.2. The van der Waals surface area contributed by atoms with E-state index in [-0.39, 0.29) is 5.91 Å². The molecule has 1 aliphatic rings. The number of carbonyl (C=O) groups excluding carboxylic acids is 1. The first-order valence-electron chi connectivity index (χ1n) is 6.62. The molecule has 0 aromatic heterocycles. The van der Waals surface area contributed by atoms with Gasteiger partial charge in [0.05, 0.1) is 0 Å². The average Bonchev–Trinajstić information content (AvgIpc) is 2.46. The number of anilines is 1. The second-order valence-corrected chi connectivity index (χ2v) is 7.08. The Kier molecular flexibility index (Phi) is 4.70. The molecule has 0 saturated carbocycles. The van der Waals surface area contributed by atoms with E-state index in [1.54, 1.807) is 12.1 Å². The topological polar surface area (TPSA) is 38.3 Å². The van der Waals surface area contributed by atoms with Crippen LogP contribution in [0, 0.1) is 3.57 Å². The molecule has 21 heavy (non-hydrogen) atoms. The maximum absolute atomic E-state index is 12.1. The van der Waals surface area contributed by atoms with Gasteiger partial charge in [0.2, 0.25) is 0 Å². The Balaban J connectivity index is 1.62. The van der Waals surface area contributed by atoms with Gasteiger partial charge in [0.25, 0.3) is 5.91 Å². The van der Waals surface area contributed by atoms with E-state index >= 15 is 0 Å². The van der Waals surface area contributed by atoms with Crippen LogP contribution in [0.5, 0.6) is 5.75 Å². The van der Waals surface area contributed by atoms with Crippen molar-refractivity contribution in [1.29, 1.82) is 0 Å². The molecule has 3 rings (SSSR count). The van der Waals surface area contributed by atoms with Crippen molar-refractivity contribution < 1.29 is 9.53 Å². The van der Waals surface area contributed by atoms with E-state index in [1.165, 1.54) is 0 Å². The van der Waals surface area contributed by atoms with Crippen LogP contribution in [0.1, 0.15) is 10.4 Å². The molecule has 0 atom stereocenters. The second kappa shape index (κ2) is 6.70. The number of rotatable bonds is 4. The molecule has 0 spiro atoms. The lowest BCUT2D eigenvalue weighted by Gasteiger charge is -2.25. The number of thioether (sulfide) groups is 1. The van der Waals surface area contributed by atoms with E-state index < -0.39 is 0 Å². The predicted octanol–water partition coefficient (Wildman–Crippen LogP) is 4.04. The van der Waals surface area contributed by atoms with Crippen LogP contribution in [0.2, 0.25) is 0 Å². The normalized spacial score (nSPS) is 14.3. The van der Waals surface area contributed by atoms with Crippen LogP contribution in [0.3, 0.4) is 0 Å². The molecule has 0 unspecified atom stereocenters. The van der Waals surface area contributed by atoms with Crippen LogP contribution in [0.15, 0.2) is 48.5 Å². The zero-order chi connectivity index (χ0) is 14.7. The lowest BCUT2D eigenvalue weighted by Crippen LogP contribution is -2.31. The minimum absolute atomic E-state index is 0.109. The summed E-state index contributed by atoms with van der Waals surface area (Å²) in [4.78, 5) is 12.1. The molecule has 0 bridgehead atoms. The highest BCUT2D eigenvalue weighted by atomic mass is 127. The number of amides is 1. The minimum atomic E-state index is -0.109. The SMILES string of the molecule is O=C(Nc1ccc(I)cc1)c1ccc(OC2CSC2)cc1. The maximum atomic E-state index is 12.1. The highest BCUT2D eigenvalue weighted by Crippen LogP contribution is 2.24. The van der Waals surface area contributed by atoms with Gasteiger partial charge in [-0.25, -0.2) is 0 Å². The minimum Gasteiger partial charge on any atom is -0.489 e. The van der Waals surface area contributed by atoms with Crippen molar-refractivity contribution in [3.05, 3.63) is 57.7 Å². The lowest BCUT2D eigenvalue weighted by molar-refractivity contribution is 0.102. The molecular formula is C16H14INO2S. The smallest absolute Gasteiger partial charge is 0.255 e. The Labute approximate surface area is 141 Å². The van der Waals surface area contributed by atoms with Crippen LogP contribution in [-0.4, -0.2) is 23.5 Å². The van der Waals surface area contributed by atoms with Crippen molar-refractivity contribution in [2.75, 3.05) is 16.8 Å². The highest BCUT2D eigenvalue weighted by Gasteiger charge is 2.19. The highest BCUT2D eigenvalue weighted by molar-refractivity contribution is 14.1. The molecule has 1 amide bonds. The summed E-state index contributed by atoms with van der Waals surface area (Å²) in [5.74, 6) is 2.82. The van der Waals surface area contributed by atoms with Gasteiger partial charge in [0.1, 0.15) is 11.9 Å². The van der Waals surface area contributed by atoms with E-state index in [4.69, 9.17) is 4.74 Å². The van der Waals surface area contributed by atoms with Gasteiger partial charge in [-0.3, -0.25) is 4.79 Å². The molecule has 1 aliphatic heterocycles. The third-order valence-corrected chi connectivity index (χ3v) is 5.06. The first-order valence-corrected chi connectivity index (χ1v) is 8.85.